The number of anilines is 3. The monoisotopic (exact) mass is 486 g/mol. The van der Waals surface area contributed by atoms with Gasteiger partial charge >= 0.3 is 5.97 Å². The maximum absolute atomic E-state index is 11.9. The second-order valence-corrected chi connectivity index (χ2v) is 9.47. The molecule has 3 aromatic rings. The van der Waals surface area contributed by atoms with Crippen LogP contribution < -0.4 is 15.5 Å². The van der Waals surface area contributed by atoms with E-state index >= 15 is 0 Å². The molecule has 2 aliphatic heterocycles. The van der Waals surface area contributed by atoms with E-state index in [4.69, 9.17) is 10.5 Å². The number of methoxy groups -OCH3 is 1. The Hall–Kier alpha value is -3.65. The molecule has 0 amide bonds. The smallest absolute Gasteiger partial charge is 0.308 e. The maximum Gasteiger partial charge on any atom is 0.308 e. The minimum atomic E-state index is -0.131. The van der Waals surface area contributed by atoms with Gasteiger partial charge in [-0.3, -0.25) is 9.69 Å². The largest absolute Gasteiger partial charge is 0.469 e. The van der Waals surface area contributed by atoms with Gasteiger partial charge in [-0.1, -0.05) is 60.7 Å². The van der Waals surface area contributed by atoms with Crippen molar-refractivity contribution in [3.05, 3.63) is 78.1 Å². The number of nitrogens with two attached hydrogens (primary N) is 1. The summed E-state index contributed by atoms with van der Waals surface area (Å²) >= 11 is 0. The Morgan fingerprint density at radius 3 is 1.83 bits per heavy atom. The third-order valence-electron chi connectivity index (χ3n) is 7.38. The molecule has 3 heterocycles. The molecule has 0 bridgehead atoms. The Kier molecular flexibility index (Phi) is 7.32. The maximum atomic E-state index is 11.9. The molecular formula is C28H34N6O2. The molecular weight excluding hydrogens is 452 g/mol. The van der Waals surface area contributed by atoms with E-state index in [1.807, 2.05) is 0 Å². The van der Waals surface area contributed by atoms with Crippen LogP contribution in [0.4, 0.5) is 17.3 Å². The summed E-state index contributed by atoms with van der Waals surface area (Å²) < 4.78 is 4.92. The van der Waals surface area contributed by atoms with Crippen LogP contribution in [0.3, 0.4) is 0 Å². The summed E-state index contributed by atoms with van der Waals surface area (Å²) in [4.78, 5) is 27.9. The molecule has 2 saturated heterocycles. The normalized spacial score (nSPS) is 17.4. The van der Waals surface area contributed by atoms with Crippen LogP contribution in [0.25, 0.3) is 0 Å². The third kappa shape index (κ3) is 4.99. The fraction of sp³-hybridized carbons (Fsp3) is 0.393. The quantitative estimate of drug-likeness (QED) is 0.531. The first kappa shape index (κ1) is 24.1. The van der Waals surface area contributed by atoms with Gasteiger partial charge < -0.3 is 20.3 Å². The first-order chi connectivity index (χ1) is 17.7. The number of benzene rings is 2. The number of carbonyl (C=O) groups is 1. The number of piperidine rings is 1. The first-order valence-electron chi connectivity index (χ1n) is 12.7. The summed E-state index contributed by atoms with van der Waals surface area (Å²) in [6.45, 7) is 4.92. The molecule has 2 N–H and O–H groups in total. The highest BCUT2D eigenvalue weighted by Gasteiger charge is 2.30. The van der Waals surface area contributed by atoms with Gasteiger partial charge in [-0.05, 0) is 24.0 Å². The van der Waals surface area contributed by atoms with Crippen LogP contribution in [-0.4, -0.2) is 67.2 Å². The van der Waals surface area contributed by atoms with E-state index in [-0.39, 0.29) is 17.9 Å². The van der Waals surface area contributed by atoms with Gasteiger partial charge in [-0.15, -0.1) is 0 Å². The Morgan fingerprint density at radius 1 is 0.833 bits per heavy atom. The van der Waals surface area contributed by atoms with E-state index in [0.29, 0.717) is 5.69 Å². The topological polar surface area (TPSA) is 87.8 Å². The van der Waals surface area contributed by atoms with Crippen molar-refractivity contribution >= 4 is 23.3 Å². The number of rotatable bonds is 6. The van der Waals surface area contributed by atoms with Crippen molar-refractivity contribution in [2.45, 2.75) is 18.9 Å². The fourth-order valence-electron chi connectivity index (χ4n) is 5.45. The summed E-state index contributed by atoms with van der Waals surface area (Å²) in [5.74, 6) is 1.38. The molecule has 1 aromatic heterocycles. The minimum absolute atomic E-state index is 0.0518. The summed E-state index contributed by atoms with van der Waals surface area (Å²) in [5.41, 5.74) is 9.85. The summed E-state index contributed by atoms with van der Waals surface area (Å²) in [5, 5.41) is 0. The van der Waals surface area contributed by atoms with Crippen LogP contribution in [0, 0.1) is 5.92 Å². The number of piperazine rings is 1. The molecule has 0 atom stereocenters. The molecule has 5 rings (SSSR count). The number of hydrogen-bond donors (Lipinski definition) is 1. The molecule has 8 nitrogen and oxygen atoms in total. The Bertz CT molecular complexity index is 1100. The molecule has 36 heavy (non-hydrogen) atoms. The van der Waals surface area contributed by atoms with Gasteiger partial charge in [0.05, 0.1) is 19.1 Å². The van der Waals surface area contributed by atoms with Gasteiger partial charge in [0.1, 0.15) is 12.0 Å². The number of carbonyl (C=O) groups excluding carboxylic acids is 1. The standard InChI is InChI=1S/C28H34N6O2/c1-36-28(35)23-12-14-33(15-13-23)26-24(29)27(31-20-30-26)34-18-16-32(17-19-34)25(21-8-4-2-5-9-21)22-10-6-3-7-11-22/h2-11,20,23,25H,12-19,29H2,1H3. The molecule has 0 radical (unpaired) electrons. The van der Waals surface area contributed by atoms with E-state index < -0.39 is 0 Å². The van der Waals surface area contributed by atoms with E-state index in [9.17, 15) is 4.79 Å². The Morgan fingerprint density at radius 2 is 1.33 bits per heavy atom. The average molecular weight is 487 g/mol. The average Bonchev–Trinajstić information content (AvgIpc) is 2.95. The van der Waals surface area contributed by atoms with Crippen molar-refractivity contribution < 1.29 is 9.53 Å². The molecule has 0 saturated carbocycles. The molecule has 188 valence electrons. The van der Waals surface area contributed by atoms with Crippen molar-refractivity contribution in [2.75, 3.05) is 61.9 Å². The van der Waals surface area contributed by atoms with Gasteiger partial charge in [0.15, 0.2) is 11.6 Å². The van der Waals surface area contributed by atoms with Gasteiger partial charge in [0, 0.05) is 39.3 Å². The second kappa shape index (κ2) is 11.0. The molecule has 2 fully saturated rings. The zero-order valence-corrected chi connectivity index (χ0v) is 20.8. The van der Waals surface area contributed by atoms with E-state index in [2.05, 4.69) is 85.3 Å². The molecule has 2 aliphatic rings. The van der Waals surface area contributed by atoms with Crippen molar-refractivity contribution in [3.8, 4) is 0 Å². The van der Waals surface area contributed by atoms with Gasteiger partial charge in [0.25, 0.3) is 0 Å². The predicted molar refractivity (Wildman–Crippen MR) is 142 cm³/mol. The van der Waals surface area contributed by atoms with Crippen molar-refractivity contribution in [1.29, 1.82) is 0 Å². The summed E-state index contributed by atoms with van der Waals surface area (Å²) in [6, 6.07) is 21.6. The van der Waals surface area contributed by atoms with Crippen LogP contribution in [-0.2, 0) is 9.53 Å². The molecule has 8 heteroatoms. The Balaban J connectivity index is 1.29. The van der Waals surface area contributed by atoms with Crippen LogP contribution in [0.1, 0.15) is 30.0 Å². The highest BCUT2D eigenvalue weighted by atomic mass is 16.5. The van der Waals surface area contributed by atoms with E-state index in [1.165, 1.54) is 18.2 Å². The summed E-state index contributed by atoms with van der Waals surface area (Å²) in [6.07, 6.45) is 3.09. The first-order valence-corrected chi connectivity index (χ1v) is 12.7. The number of hydrogen-bond acceptors (Lipinski definition) is 8. The van der Waals surface area contributed by atoms with E-state index in [0.717, 1.165) is 63.7 Å². The lowest BCUT2D eigenvalue weighted by molar-refractivity contribution is -0.146. The number of aromatic nitrogens is 2. The molecule has 2 aromatic carbocycles. The lowest BCUT2D eigenvalue weighted by atomic mass is 9.96. The second-order valence-electron chi connectivity index (χ2n) is 9.47. The van der Waals surface area contributed by atoms with Gasteiger partial charge in [0.2, 0.25) is 0 Å². The fourth-order valence-corrected chi connectivity index (χ4v) is 5.45. The lowest BCUT2D eigenvalue weighted by Crippen LogP contribution is -2.48. The van der Waals surface area contributed by atoms with Crippen LogP contribution in [0.15, 0.2) is 67.0 Å². The van der Waals surface area contributed by atoms with Gasteiger partial charge in [-0.2, -0.15) is 0 Å². The molecule has 0 unspecified atom stereocenters. The number of nitrogens with zero attached hydrogens (tertiary/aromatic N) is 5. The minimum Gasteiger partial charge on any atom is -0.469 e. The number of esters is 1. The highest BCUT2D eigenvalue weighted by molar-refractivity contribution is 5.77. The summed E-state index contributed by atoms with van der Waals surface area (Å²) in [7, 11) is 1.45. The number of ether oxygens (including phenoxy) is 1. The Labute approximate surface area is 212 Å². The van der Waals surface area contributed by atoms with E-state index in [1.54, 1.807) is 6.33 Å². The van der Waals surface area contributed by atoms with Crippen LogP contribution in [0.2, 0.25) is 0 Å². The SMILES string of the molecule is COC(=O)C1CCN(c2ncnc(N3CCN(C(c4ccccc4)c4ccccc4)CC3)c2N)CC1. The van der Waals surface area contributed by atoms with Crippen LogP contribution in [0.5, 0.6) is 0 Å². The van der Waals surface area contributed by atoms with Crippen molar-refractivity contribution in [3.63, 3.8) is 0 Å². The highest BCUT2D eigenvalue weighted by Crippen LogP contribution is 2.34. The van der Waals surface area contributed by atoms with Crippen molar-refractivity contribution in [1.82, 2.24) is 14.9 Å². The molecule has 0 aliphatic carbocycles. The number of nitrogen functional groups attached to an aromatic ring is 1. The predicted octanol–water partition coefficient (Wildman–Crippen LogP) is 3.36. The molecule has 0 spiro atoms. The zero-order chi connectivity index (χ0) is 24.9. The lowest BCUT2D eigenvalue weighted by Gasteiger charge is -2.40. The zero-order valence-electron chi connectivity index (χ0n) is 20.8. The van der Waals surface area contributed by atoms with Crippen LogP contribution >= 0.6 is 0 Å². The van der Waals surface area contributed by atoms with Crippen molar-refractivity contribution in [2.24, 2.45) is 5.92 Å². The van der Waals surface area contributed by atoms with Gasteiger partial charge in [-0.25, -0.2) is 9.97 Å². The third-order valence-corrected chi connectivity index (χ3v) is 7.38.